The van der Waals surface area contributed by atoms with Crippen molar-refractivity contribution in [1.29, 1.82) is 0 Å². The minimum Gasteiger partial charge on any atom is -0.447 e. The number of sulfonamides is 1. The SMILES string of the molecule is O=C1OCCN1c1ccc(S(=O)(=O)Nc2cnn3cccnc23)cc1. The van der Waals surface area contributed by atoms with Crippen molar-refractivity contribution in [2.24, 2.45) is 0 Å². The molecule has 1 saturated heterocycles. The number of ether oxygens (including phenoxy) is 1. The highest BCUT2D eigenvalue weighted by molar-refractivity contribution is 7.92. The Bertz CT molecular complexity index is 1050. The molecular weight excluding hydrogens is 346 g/mol. The van der Waals surface area contributed by atoms with E-state index in [2.05, 4.69) is 14.8 Å². The number of hydrogen-bond donors (Lipinski definition) is 1. The summed E-state index contributed by atoms with van der Waals surface area (Å²) in [6, 6.07) is 7.69. The highest BCUT2D eigenvalue weighted by Gasteiger charge is 2.24. The van der Waals surface area contributed by atoms with E-state index in [1.807, 2.05) is 0 Å². The van der Waals surface area contributed by atoms with Gasteiger partial charge in [0.15, 0.2) is 5.65 Å². The fourth-order valence-corrected chi connectivity index (χ4v) is 3.58. The van der Waals surface area contributed by atoms with E-state index in [9.17, 15) is 13.2 Å². The number of benzene rings is 1. The van der Waals surface area contributed by atoms with Crippen molar-refractivity contribution in [3.63, 3.8) is 0 Å². The largest absolute Gasteiger partial charge is 0.447 e. The molecule has 4 rings (SSSR count). The van der Waals surface area contributed by atoms with E-state index in [1.165, 1.54) is 27.7 Å². The summed E-state index contributed by atoms with van der Waals surface area (Å²) >= 11 is 0. The van der Waals surface area contributed by atoms with E-state index in [4.69, 9.17) is 4.74 Å². The van der Waals surface area contributed by atoms with Gasteiger partial charge < -0.3 is 4.74 Å². The van der Waals surface area contributed by atoms with Gasteiger partial charge in [-0.05, 0) is 30.3 Å². The van der Waals surface area contributed by atoms with Crippen LogP contribution in [0.25, 0.3) is 5.65 Å². The number of cyclic esters (lactones) is 1. The minimum absolute atomic E-state index is 0.0686. The summed E-state index contributed by atoms with van der Waals surface area (Å²) in [5.41, 5.74) is 1.27. The average molecular weight is 359 g/mol. The van der Waals surface area contributed by atoms with Crippen LogP contribution in [-0.4, -0.2) is 42.3 Å². The van der Waals surface area contributed by atoms with Crippen molar-refractivity contribution in [1.82, 2.24) is 14.6 Å². The fourth-order valence-electron chi connectivity index (χ4n) is 2.54. The first-order chi connectivity index (χ1) is 12.0. The van der Waals surface area contributed by atoms with Crippen LogP contribution in [0.15, 0.2) is 53.8 Å². The van der Waals surface area contributed by atoms with Crippen LogP contribution in [0.1, 0.15) is 0 Å². The molecule has 1 aliphatic heterocycles. The fraction of sp³-hybridized carbons (Fsp3) is 0.133. The van der Waals surface area contributed by atoms with Crippen LogP contribution in [0.2, 0.25) is 0 Å². The first-order valence-corrected chi connectivity index (χ1v) is 8.88. The lowest BCUT2D eigenvalue weighted by atomic mass is 10.3. The topological polar surface area (TPSA) is 106 Å². The Kier molecular flexibility index (Phi) is 3.53. The Morgan fingerprint density at radius 1 is 1.20 bits per heavy atom. The number of nitrogens with zero attached hydrogens (tertiary/aromatic N) is 4. The summed E-state index contributed by atoms with van der Waals surface area (Å²) in [6.45, 7) is 0.763. The third kappa shape index (κ3) is 2.76. The van der Waals surface area contributed by atoms with Gasteiger partial charge in [0.1, 0.15) is 12.3 Å². The number of aromatic nitrogens is 3. The van der Waals surface area contributed by atoms with Gasteiger partial charge in [-0.15, -0.1) is 0 Å². The van der Waals surface area contributed by atoms with Crippen molar-refractivity contribution in [2.75, 3.05) is 22.8 Å². The van der Waals surface area contributed by atoms with Crippen molar-refractivity contribution < 1.29 is 17.9 Å². The summed E-state index contributed by atoms with van der Waals surface area (Å²) in [4.78, 5) is 17.2. The van der Waals surface area contributed by atoms with E-state index < -0.39 is 16.1 Å². The molecule has 10 heteroatoms. The molecule has 0 saturated carbocycles. The number of carbonyl (C=O) groups excluding carboxylic acids is 1. The van der Waals surface area contributed by atoms with Crippen LogP contribution in [0.4, 0.5) is 16.2 Å². The zero-order valence-electron chi connectivity index (χ0n) is 12.9. The molecule has 3 heterocycles. The molecule has 0 radical (unpaired) electrons. The van der Waals surface area contributed by atoms with E-state index in [0.29, 0.717) is 24.5 Å². The smallest absolute Gasteiger partial charge is 0.414 e. The van der Waals surface area contributed by atoms with E-state index >= 15 is 0 Å². The standard InChI is InChI=1S/C15H13N5O4S/c21-15-19(8-9-24-15)11-2-4-12(5-3-11)25(22,23)18-13-10-17-20-7-1-6-16-14(13)20/h1-7,10,18H,8-9H2. The Hall–Kier alpha value is -3.14. The van der Waals surface area contributed by atoms with Crippen LogP contribution in [0.5, 0.6) is 0 Å². The van der Waals surface area contributed by atoms with Gasteiger partial charge in [0.05, 0.1) is 17.6 Å². The minimum atomic E-state index is -3.81. The molecule has 1 fully saturated rings. The number of anilines is 2. The predicted molar refractivity (Wildman–Crippen MR) is 88.9 cm³/mol. The summed E-state index contributed by atoms with van der Waals surface area (Å²) < 4.78 is 33.9. The first-order valence-electron chi connectivity index (χ1n) is 7.40. The molecule has 0 unspecified atom stereocenters. The summed E-state index contributed by atoms with van der Waals surface area (Å²) in [5.74, 6) is 0. The Balaban J connectivity index is 1.61. The molecule has 1 N–H and O–H groups in total. The highest BCUT2D eigenvalue weighted by atomic mass is 32.2. The van der Waals surface area contributed by atoms with Crippen LogP contribution in [0, 0.1) is 0 Å². The lowest BCUT2D eigenvalue weighted by molar-refractivity contribution is 0.181. The molecule has 9 nitrogen and oxygen atoms in total. The summed E-state index contributed by atoms with van der Waals surface area (Å²) in [7, 11) is -3.81. The summed E-state index contributed by atoms with van der Waals surface area (Å²) in [5, 5.41) is 4.04. The Morgan fingerprint density at radius 2 is 2.00 bits per heavy atom. The maximum Gasteiger partial charge on any atom is 0.414 e. The molecule has 3 aromatic rings. The molecule has 0 bridgehead atoms. The number of nitrogens with one attached hydrogen (secondary N) is 1. The second kappa shape index (κ2) is 5.74. The maximum atomic E-state index is 12.6. The van der Waals surface area contributed by atoms with Crippen LogP contribution in [-0.2, 0) is 14.8 Å². The number of carbonyl (C=O) groups is 1. The van der Waals surface area contributed by atoms with Gasteiger partial charge in [-0.2, -0.15) is 5.10 Å². The third-order valence-corrected chi connectivity index (χ3v) is 5.12. The normalized spacial score (nSPS) is 14.7. The molecule has 0 aliphatic carbocycles. The lowest BCUT2D eigenvalue weighted by Gasteiger charge is -2.13. The number of hydrogen-bond acceptors (Lipinski definition) is 6. The van der Waals surface area contributed by atoms with Gasteiger partial charge in [-0.1, -0.05) is 0 Å². The van der Waals surface area contributed by atoms with Crippen LogP contribution in [0.3, 0.4) is 0 Å². The average Bonchev–Trinajstić information content (AvgIpc) is 3.21. The second-order valence-corrected chi connectivity index (χ2v) is 6.99. The maximum absolute atomic E-state index is 12.6. The van der Waals surface area contributed by atoms with Crippen LogP contribution >= 0.6 is 0 Å². The molecule has 0 spiro atoms. The molecule has 0 atom stereocenters. The highest BCUT2D eigenvalue weighted by Crippen LogP contribution is 2.23. The molecule has 1 aromatic carbocycles. The molecule has 128 valence electrons. The molecule has 1 aliphatic rings. The zero-order chi connectivity index (χ0) is 17.4. The number of fused-ring (bicyclic) bond motifs is 1. The van der Waals surface area contributed by atoms with Gasteiger partial charge >= 0.3 is 6.09 Å². The van der Waals surface area contributed by atoms with Crippen molar-refractivity contribution in [3.8, 4) is 0 Å². The number of rotatable bonds is 4. The molecule has 1 amide bonds. The number of amides is 1. The zero-order valence-corrected chi connectivity index (χ0v) is 13.7. The monoisotopic (exact) mass is 359 g/mol. The molecule has 25 heavy (non-hydrogen) atoms. The van der Waals surface area contributed by atoms with Gasteiger partial charge in [0.25, 0.3) is 10.0 Å². The van der Waals surface area contributed by atoms with Crippen molar-refractivity contribution in [2.45, 2.75) is 4.90 Å². The predicted octanol–water partition coefficient (Wildman–Crippen LogP) is 1.49. The Morgan fingerprint density at radius 3 is 2.72 bits per heavy atom. The first kappa shape index (κ1) is 15.4. The van der Waals surface area contributed by atoms with Gasteiger partial charge in [-0.3, -0.25) is 9.62 Å². The third-order valence-electron chi connectivity index (χ3n) is 3.74. The van der Waals surface area contributed by atoms with Crippen molar-refractivity contribution in [3.05, 3.63) is 48.9 Å². The van der Waals surface area contributed by atoms with Crippen molar-refractivity contribution >= 4 is 33.1 Å². The van der Waals surface area contributed by atoms with Crippen LogP contribution < -0.4 is 9.62 Å². The van der Waals surface area contributed by atoms with Gasteiger partial charge in [-0.25, -0.2) is 22.7 Å². The molecule has 2 aromatic heterocycles. The van der Waals surface area contributed by atoms with Gasteiger partial charge in [0.2, 0.25) is 0 Å². The molecular formula is C15H13N5O4S. The Labute approximate surface area is 142 Å². The van der Waals surface area contributed by atoms with Gasteiger partial charge in [0, 0.05) is 18.1 Å². The quantitative estimate of drug-likeness (QED) is 0.756. The van der Waals surface area contributed by atoms with E-state index in [1.54, 1.807) is 30.6 Å². The lowest BCUT2D eigenvalue weighted by Crippen LogP contribution is -2.23. The van der Waals surface area contributed by atoms with E-state index in [0.717, 1.165) is 0 Å². The van der Waals surface area contributed by atoms with E-state index in [-0.39, 0.29) is 10.6 Å². The second-order valence-electron chi connectivity index (χ2n) is 5.31. The summed E-state index contributed by atoms with van der Waals surface area (Å²) in [6.07, 6.45) is 4.18.